The molecule has 5 aromatic rings. The number of fused-ring (bicyclic) bond motifs is 2. The third-order valence-electron chi connectivity index (χ3n) is 4.59. The predicted octanol–water partition coefficient (Wildman–Crippen LogP) is 5.46. The Hall–Kier alpha value is -3.16. The van der Waals surface area contributed by atoms with Gasteiger partial charge in [-0.05, 0) is 29.8 Å². The quantitative estimate of drug-likeness (QED) is 0.308. The van der Waals surface area contributed by atoms with E-state index in [0.29, 0.717) is 28.1 Å². The van der Waals surface area contributed by atoms with E-state index in [0.717, 1.165) is 20.7 Å². The zero-order chi connectivity index (χ0) is 19.8. The second-order valence-electron chi connectivity index (χ2n) is 6.42. The van der Waals surface area contributed by atoms with Gasteiger partial charge >= 0.3 is 5.63 Å². The first-order chi connectivity index (χ1) is 14.2. The molecular weight excluding hydrogens is 404 g/mol. The van der Waals surface area contributed by atoms with Gasteiger partial charge in [0.05, 0.1) is 11.3 Å². The predicted molar refractivity (Wildman–Crippen MR) is 117 cm³/mol. The summed E-state index contributed by atoms with van der Waals surface area (Å²) in [5, 5.41) is 13.7. The van der Waals surface area contributed by atoms with Gasteiger partial charge in [-0.1, -0.05) is 42.1 Å². The molecule has 0 saturated carbocycles. The summed E-state index contributed by atoms with van der Waals surface area (Å²) >= 11 is 3.08. The van der Waals surface area contributed by atoms with Crippen molar-refractivity contribution in [3.8, 4) is 17.0 Å². The van der Waals surface area contributed by atoms with E-state index in [9.17, 15) is 9.90 Å². The molecule has 0 atom stereocenters. The topological polar surface area (TPSA) is 76.2 Å². The molecule has 5 nitrogen and oxygen atoms in total. The molecule has 5 rings (SSSR count). The van der Waals surface area contributed by atoms with E-state index in [-0.39, 0.29) is 11.4 Å². The summed E-state index contributed by atoms with van der Waals surface area (Å²) < 4.78 is 6.28. The molecule has 0 fully saturated rings. The number of aromatic nitrogens is 2. The summed E-state index contributed by atoms with van der Waals surface area (Å²) in [6.45, 7) is 0. The van der Waals surface area contributed by atoms with Crippen molar-refractivity contribution in [2.75, 3.05) is 0 Å². The number of benzene rings is 2. The molecule has 0 bridgehead atoms. The average Bonchev–Trinajstić information content (AvgIpc) is 3.22. The van der Waals surface area contributed by atoms with E-state index in [2.05, 4.69) is 9.97 Å². The van der Waals surface area contributed by atoms with E-state index >= 15 is 0 Å². The number of thioether (sulfide) groups is 1. The molecule has 3 heterocycles. The van der Waals surface area contributed by atoms with Gasteiger partial charge in [0.25, 0.3) is 0 Å². The lowest BCUT2D eigenvalue weighted by molar-refractivity contribution is 0.480. The van der Waals surface area contributed by atoms with E-state index in [1.165, 1.54) is 11.3 Å². The Bertz CT molecular complexity index is 1410. The fourth-order valence-electron chi connectivity index (χ4n) is 3.17. The molecule has 0 unspecified atom stereocenters. The number of hydrogen-bond donors (Lipinski definition) is 1. The number of hydrogen-bond acceptors (Lipinski definition) is 7. The number of pyridine rings is 1. The molecule has 2 aromatic carbocycles. The largest absolute Gasteiger partial charge is 0.506 e. The maximum Gasteiger partial charge on any atom is 0.345 e. The highest BCUT2D eigenvalue weighted by Gasteiger charge is 2.13. The second-order valence-corrected chi connectivity index (χ2v) is 8.50. The Labute approximate surface area is 173 Å². The Morgan fingerprint density at radius 2 is 2.00 bits per heavy atom. The third kappa shape index (κ3) is 3.39. The fourth-order valence-corrected chi connectivity index (χ4v) is 5.00. The van der Waals surface area contributed by atoms with Crippen molar-refractivity contribution in [3.63, 3.8) is 0 Å². The van der Waals surface area contributed by atoms with Crippen LogP contribution in [0.25, 0.3) is 33.1 Å². The summed E-state index contributed by atoms with van der Waals surface area (Å²) in [6.07, 6.45) is 1.67. The zero-order valence-electron chi connectivity index (χ0n) is 15.0. The molecule has 0 spiro atoms. The first-order valence-corrected chi connectivity index (χ1v) is 10.7. The molecule has 142 valence electrons. The number of phenols is 1. The van der Waals surface area contributed by atoms with Crippen molar-refractivity contribution in [1.82, 2.24) is 9.97 Å². The van der Waals surface area contributed by atoms with Gasteiger partial charge in [0, 0.05) is 28.1 Å². The summed E-state index contributed by atoms with van der Waals surface area (Å²) in [5.74, 6) is 0.857. The van der Waals surface area contributed by atoms with Gasteiger partial charge < -0.3 is 9.52 Å². The molecule has 0 aliphatic carbocycles. The molecule has 0 aliphatic rings. The molecule has 3 aromatic heterocycles. The molecule has 7 heteroatoms. The Kier molecular flexibility index (Phi) is 4.54. The average molecular weight is 418 g/mol. The molecule has 1 N–H and O–H groups in total. The summed E-state index contributed by atoms with van der Waals surface area (Å²) in [5.41, 5.74) is 2.93. The van der Waals surface area contributed by atoms with Crippen LogP contribution < -0.4 is 5.63 Å². The van der Waals surface area contributed by atoms with Gasteiger partial charge in [0.2, 0.25) is 0 Å². The van der Waals surface area contributed by atoms with Gasteiger partial charge in [-0.2, -0.15) is 0 Å². The SMILES string of the molecule is O=c1oc2ccccc2cc1-c1csc(SCc2ccc(O)c3ncccc23)n1. The first-order valence-electron chi connectivity index (χ1n) is 8.86. The van der Waals surface area contributed by atoms with Gasteiger partial charge in [0.1, 0.15) is 16.8 Å². The van der Waals surface area contributed by atoms with Crippen LogP contribution in [0.1, 0.15) is 5.56 Å². The van der Waals surface area contributed by atoms with Crippen molar-refractivity contribution in [1.29, 1.82) is 0 Å². The zero-order valence-corrected chi connectivity index (χ0v) is 16.7. The van der Waals surface area contributed by atoms with Crippen molar-refractivity contribution in [3.05, 3.63) is 82.2 Å². The normalized spacial score (nSPS) is 11.3. The van der Waals surface area contributed by atoms with Crippen LogP contribution in [0.5, 0.6) is 5.75 Å². The van der Waals surface area contributed by atoms with Crippen LogP contribution in [0.4, 0.5) is 0 Å². The van der Waals surface area contributed by atoms with Gasteiger partial charge in [-0.3, -0.25) is 4.98 Å². The Balaban J connectivity index is 1.43. The molecular formula is C22H14N2O3S2. The molecule has 0 amide bonds. The Morgan fingerprint density at radius 1 is 1.10 bits per heavy atom. The Morgan fingerprint density at radius 3 is 2.93 bits per heavy atom. The number of rotatable bonds is 4. The van der Waals surface area contributed by atoms with Crippen LogP contribution >= 0.6 is 23.1 Å². The van der Waals surface area contributed by atoms with Gasteiger partial charge in [-0.15, -0.1) is 11.3 Å². The first kappa shape index (κ1) is 17.9. The monoisotopic (exact) mass is 418 g/mol. The highest BCUT2D eigenvalue weighted by Crippen LogP contribution is 2.33. The molecule has 0 aliphatic heterocycles. The van der Waals surface area contributed by atoms with E-state index in [1.807, 2.05) is 47.8 Å². The third-order valence-corrected chi connectivity index (χ3v) is 6.66. The van der Waals surface area contributed by atoms with Crippen LogP contribution in [-0.4, -0.2) is 15.1 Å². The van der Waals surface area contributed by atoms with Crippen LogP contribution in [0.2, 0.25) is 0 Å². The number of thiazole rings is 1. The minimum atomic E-state index is -0.388. The van der Waals surface area contributed by atoms with Crippen LogP contribution in [0, 0.1) is 0 Å². The van der Waals surface area contributed by atoms with Crippen LogP contribution in [0.15, 0.2) is 79.7 Å². The smallest absolute Gasteiger partial charge is 0.345 e. The minimum Gasteiger partial charge on any atom is -0.506 e. The molecule has 29 heavy (non-hydrogen) atoms. The lowest BCUT2D eigenvalue weighted by Gasteiger charge is -2.06. The van der Waals surface area contributed by atoms with Crippen molar-refractivity contribution < 1.29 is 9.52 Å². The number of phenolic OH excluding ortho intramolecular Hbond substituents is 1. The van der Waals surface area contributed by atoms with Crippen molar-refractivity contribution in [2.45, 2.75) is 10.1 Å². The highest BCUT2D eigenvalue weighted by molar-refractivity contribution is 8.00. The van der Waals surface area contributed by atoms with Crippen molar-refractivity contribution in [2.24, 2.45) is 0 Å². The lowest BCUT2D eigenvalue weighted by Crippen LogP contribution is -2.02. The van der Waals surface area contributed by atoms with Crippen LogP contribution in [-0.2, 0) is 5.75 Å². The van der Waals surface area contributed by atoms with E-state index in [4.69, 9.17) is 4.42 Å². The standard InChI is InChI=1S/C22H14N2O3S2/c25-18-8-7-14(15-5-3-9-23-20(15)18)11-28-22-24-17(12-29-22)16-10-13-4-1-2-6-19(13)27-21(16)26/h1-10,12,25H,11H2. The lowest BCUT2D eigenvalue weighted by atomic mass is 10.1. The minimum absolute atomic E-state index is 0.175. The van der Waals surface area contributed by atoms with Crippen LogP contribution in [0.3, 0.4) is 0 Å². The fraction of sp³-hybridized carbons (Fsp3) is 0.0455. The molecule has 0 saturated heterocycles. The summed E-state index contributed by atoms with van der Waals surface area (Å²) in [7, 11) is 0. The summed E-state index contributed by atoms with van der Waals surface area (Å²) in [6, 6.07) is 16.6. The maximum atomic E-state index is 12.4. The number of aromatic hydroxyl groups is 1. The van der Waals surface area contributed by atoms with E-state index in [1.54, 1.807) is 30.1 Å². The number of nitrogens with zero attached hydrogens (tertiary/aromatic N) is 2. The summed E-state index contributed by atoms with van der Waals surface area (Å²) in [4.78, 5) is 21.2. The van der Waals surface area contributed by atoms with E-state index < -0.39 is 0 Å². The molecule has 0 radical (unpaired) electrons. The maximum absolute atomic E-state index is 12.4. The van der Waals surface area contributed by atoms with Gasteiger partial charge in [-0.25, -0.2) is 9.78 Å². The highest BCUT2D eigenvalue weighted by atomic mass is 32.2. The second kappa shape index (κ2) is 7.35. The van der Waals surface area contributed by atoms with Gasteiger partial charge in [0.15, 0.2) is 4.34 Å². The van der Waals surface area contributed by atoms with Crippen molar-refractivity contribution >= 4 is 45.0 Å². The number of para-hydroxylation sites is 1.